The van der Waals surface area contributed by atoms with Crippen LogP contribution in [0.25, 0.3) is 0 Å². The lowest BCUT2D eigenvalue weighted by Crippen LogP contribution is -2.41. The molecule has 4 heteroatoms. The van der Waals surface area contributed by atoms with E-state index in [-0.39, 0.29) is 6.10 Å². The van der Waals surface area contributed by atoms with Crippen molar-refractivity contribution in [2.75, 3.05) is 19.6 Å². The molecule has 2 fully saturated rings. The van der Waals surface area contributed by atoms with Crippen LogP contribution >= 0.6 is 0 Å². The molecule has 0 aromatic carbocycles. The summed E-state index contributed by atoms with van der Waals surface area (Å²) in [4.78, 5) is 4.84. The predicted molar refractivity (Wildman–Crippen MR) is 88.5 cm³/mol. The third-order valence-corrected chi connectivity index (χ3v) is 5.48. The summed E-state index contributed by atoms with van der Waals surface area (Å²) in [5.41, 5.74) is 0.440. The molecule has 2 aliphatic rings. The van der Waals surface area contributed by atoms with Gasteiger partial charge in [0.2, 0.25) is 0 Å². The zero-order valence-electron chi connectivity index (χ0n) is 13.8. The van der Waals surface area contributed by atoms with E-state index in [0.29, 0.717) is 11.3 Å². The molecule has 0 saturated heterocycles. The van der Waals surface area contributed by atoms with E-state index >= 15 is 0 Å². The van der Waals surface area contributed by atoms with Gasteiger partial charge in [-0.3, -0.25) is 4.99 Å². The molecular weight excluding hydrogens is 262 g/mol. The minimum absolute atomic E-state index is 0.128. The van der Waals surface area contributed by atoms with Gasteiger partial charge in [0.25, 0.3) is 0 Å². The number of guanidine groups is 1. The lowest BCUT2D eigenvalue weighted by atomic mass is 9.84. The maximum atomic E-state index is 9.91. The quantitative estimate of drug-likeness (QED) is 0.521. The number of aliphatic imine (C=N–C) groups is 1. The molecule has 2 saturated carbocycles. The number of nitrogens with one attached hydrogen (secondary N) is 2. The summed E-state index contributed by atoms with van der Waals surface area (Å²) in [5, 5.41) is 16.7. The maximum absolute atomic E-state index is 9.91. The minimum Gasteiger partial charge on any atom is -0.393 e. The van der Waals surface area contributed by atoms with Gasteiger partial charge in [0, 0.05) is 25.6 Å². The van der Waals surface area contributed by atoms with E-state index in [1.54, 1.807) is 0 Å². The lowest BCUT2D eigenvalue weighted by Gasteiger charge is -2.26. The minimum atomic E-state index is -0.128. The van der Waals surface area contributed by atoms with E-state index < -0.39 is 0 Å². The second-order valence-corrected chi connectivity index (χ2v) is 6.90. The topological polar surface area (TPSA) is 56.7 Å². The standard InChI is InChI=1S/C17H33N3O/c1-3-17(10-5-6-11-17)13-20-16(18-4-2)19-12-14-8-7-9-15(14)21/h14-15,21H,3-13H2,1-2H3,(H2,18,19,20). The molecule has 2 unspecified atom stereocenters. The first-order valence-corrected chi connectivity index (χ1v) is 8.89. The van der Waals surface area contributed by atoms with Crippen molar-refractivity contribution in [2.45, 2.75) is 71.3 Å². The molecule has 0 bridgehead atoms. The van der Waals surface area contributed by atoms with Crippen molar-refractivity contribution in [2.24, 2.45) is 16.3 Å². The van der Waals surface area contributed by atoms with Crippen LogP contribution < -0.4 is 10.6 Å². The first kappa shape index (κ1) is 16.6. The van der Waals surface area contributed by atoms with E-state index in [4.69, 9.17) is 4.99 Å². The molecule has 21 heavy (non-hydrogen) atoms. The molecule has 2 aliphatic carbocycles. The van der Waals surface area contributed by atoms with Gasteiger partial charge in [-0.25, -0.2) is 0 Å². The molecular formula is C17H33N3O. The molecule has 0 radical (unpaired) electrons. The summed E-state index contributed by atoms with van der Waals surface area (Å²) in [6.45, 7) is 7.07. The SMILES string of the molecule is CCNC(=NCC1(CC)CCCC1)NCC1CCCC1O. The van der Waals surface area contributed by atoms with Gasteiger partial charge in [0.15, 0.2) is 5.96 Å². The summed E-state index contributed by atoms with van der Waals surface area (Å²) < 4.78 is 0. The molecule has 0 aliphatic heterocycles. The highest BCUT2D eigenvalue weighted by molar-refractivity contribution is 5.79. The third kappa shape index (κ3) is 4.60. The van der Waals surface area contributed by atoms with Gasteiger partial charge in [-0.1, -0.05) is 26.2 Å². The van der Waals surface area contributed by atoms with Crippen molar-refractivity contribution in [1.29, 1.82) is 0 Å². The Balaban J connectivity index is 1.86. The summed E-state index contributed by atoms with van der Waals surface area (Å²) in [7, 11) is 0. The average Bonchev–Trinajstić information content (AvgIpc) is 3.12. The van der Waals surface area contributed by atoms with Crippen LogP contribution in [-0.2, 0) is 0 Å². The van der Waals surface area contributed by atoms with Crippen molar-refractivity contribution >= 4 is 5.96 Å². The molecule has 2 rings (SSSR count). The van der Waals surface area contributed by atoms with Crippen LogP contribution in [0, 0.1) is 11.3 Å². The molecule has 0 spiro atoms. The van der Waals surface area contributed by atoms with Crippen LogP contribution in [0.2, 0.25) is 0 Å². The van der Waals surface area contributed by atoms with E-state index in [9.17, 15) is 5.11 Å². The van der Waals surface area contributed by atoms with E-state index in [1.807, 2.05) is 0 Å². The van der Waals surface area contributed by atoms with Crippen molar-refractivity contribution in [3.8, 4) is 0 Å². The summed E-state index contributed by atoms with van der Waals surface area (Å²) >= 11 is 0. The second-order valence-electron chi connectivity index (χ2n) is 6.90. The number of aliphatic hydroxyl groups is 1. The molecule has 122 valence electrons. The number of aliphatic hydroxyl groups excluding tert-OH is 1. The fourth-order valence-corrected chi connectivity index (χ4v) is 3.82. The molecule has 4 nitrogen and oxygen atoms in total. The van der Waals surface area contributed by atoms with Gasteiger partial charge >= 0.3 is 0 Å². The highest BCUT2D eigenvalue weighted by Gasteiger charge is 2.31. The Morgan fingerprint density at radius 1 is 1.14 bits per heavy atom. The fourth-order valence-electron chi connectivity index (χ4n) is 3.82. The predicted octanol–water partition coefficient (Wildman–Crippen LogP) is 2.67. The first-order chi connectivity index (χ1) is 10.2. The van der Waals surface area contributed by atoms with Crippen molar-refractivity contribution < 1.29 is 5.11 Å². The van der Waals surface area contributed by atoms with Crippen molar-refractivity contribution in [3.05, 3.63) is 0 Å². The normalized spacial score (nSPS) is 28.8. The Hall–Kier alpha value is -0.770. The third-order valence-electron chi connectivity index (χ3n) is 5.48. The smallest absolute Gasteiger partial charge is 0.191 e. The first-order valence-electron chi connectivity index (χ1n) is 8.89. The van der Waals surface area contributed by atoms with Gasteiger partial charge in [-0.05, 0) is 44.4 Å². The Morgan fingerprint density at radius 3 is 2.48 bits per heavy atom. The largest absolute Gasteiger partial charge is 0.393 e. The number of hydrogen-bond acceptors (Lipinski definition) is 2. The van der Waals surface area contributed by atoms with Gasteiger partial charge in [0.1, 0.15) is 0 Å². The summed E-state index contributed by atoms with van der Waals surface area (Å²) in [5.74, 6) is 1.32. The number of nitrogens with zero attached hydrogens (tertiary/aromatic N) is 1. The molecule has 0 amide bonds. The zero-order chi connectivity index (χ0) is 15.1. The van der Waals surface area contributed by atoms with Crippen LogP contribution in [-0.4, -0.2) is 36.8 Å². The van der Waals surface area contributed by atoms with Gasteiger partial charge in [0.05, 0.1) is 6.10 Å². The number of hydrogen-bond donors (Lipinski definition) is 3. The van der Waals surface area contributed by atoms with Gasteiger partial charge < -0.3 is 15.7 Å². The summed E-state index contributed by atoms with van der Waals surface area (Å²) in [6.07, 6.45) is 9.73. The molecule has 2 atom stereocenters. The highest BCUT2D eigenvalue weighted by atomic mass is 16.3. The fraction of sp³-hybridized carbons (Fsp3) is 0.941. The maximum Gasteiger partial charge on any atom is 0.191 e. The Kier molecular flexibility index (Phi) is 6.34. The molecule has 0 aromatic rings. The monoisotopic (exact) mass is 295 g/mol. The van der Waals surface area contributed by atoms with Gasteiger partial charge in [-0.2, -0.15) is 0 Å². The molecule has 0 heterocycles. The molecule has 0 aromatic heterocycles. The van der Waals surface area contributed by atoms with Crippen LogP contribution in [0.15, 0.2) is 4.99 Å². The highest BCUT2D eigenvalue weighted by Crippen LogP contribution is 2.41. The van der Waals surface area contributed by atoms with Crippen LogP contribution in [0.1, 0.15) is 65.2 Å². The second kappa shape index (κ2) is 8.02. The van der Waals surface area contributed by atoms with Crippen molar-refractivity contribution in [3.63, 3.8) is 0 Å². The van der Waals surface area contributed by atoms with Crippen molar-refractivity contribution in [1.82, 2.24) is 10.6 Å². The Labute approximate surface area is 129 Å². The van der Waals surface area contributed by atoms with E-state index in [2.05, 4.69) is 24.5 Å². The van der Waals surface area contributed by atoms with Crippen LogP contribution in [0.3, 0.4) is 0 Å². The number of rotatable bonds is 6. The zero-order valence-corrected chi connectivity index (χ0v) is 13.8. The van der Waals surface area contributed by atoms with Crippen LogP contribution in [0.5, 0.6) is 0 Å². The summed E-state index contributed by atoms with van der Waals surface area (Å²) in [6, 6.07) is 0. The van der Waals surface area contributed by atoms with Gasteiger partial charge in [-0.15, -0.1) is 0 Å². The molecule has 3 N–H and O–H groups in total. The van der Waals surface area contributed by atoms with E-state index in [0.717, 1.165) is 44.9 Å². The van der Waals surface area contributed by atoms with E-state index in [1.165, 1.54) is 32.1 Å². The average molecular weight is 295 g/mol. The van der Waals surface area contributed by atoms with Crippen LogP contribution in [0.4, 0.5) is 0 Å². The Bertz CT molecular complexity index is 337. The lowest BCUT2D eigenvalue weighted by molar-refractivity contribution is 0.134. The Morgan fingerprint density at radius 2 is 1.90 bits per heavy atom.